The molecule has 0 amide bonds. The second-order valence-corrected chi connectivity index (χ2v) is 5.24. The molecule has 0 saturated carbocycles. The van der Waals surface area contributed by atoms with Crippen LogP contribution in [0, 0.1) is 0 Å². The van der Waals surface area contributed by atoms with Crippen molar-refractivity contribution in [3.8, 4) is 0 Å². The molecule has 100 valence electrons. The van der Waals surface area contributed by atoms with E-state index in [1.165, 1.54) is 5.56 Å². The van der Waals surface area contributed by atoms with E-state index < -0.39 is 0 Å². The molecule has 4 nitrogen and oxygen atoms in total. The van der Waals surface area contributed by atoms with Gasteiger partial charge in [0.05, 0.1) is 18.7 Å². The van der Waals surface area contributed by atoms with Crippen LogP contribution < -0.4 is 4.90 Å². The van der Waals surface area contributed by atoms with Crippen molar-refractivity contribution in [2.45, 2.75) is 19.8 Å². The summed E-state index contributed by atoms with van der Waals surface area (Å²) in [6, 6.07) is 6.43. The average Bonchev–Trinajstić information content (AvgIpc) is 2.47. The third-order valence-corrected chi connectivity index (χ3v) is 3.55. The molecule has 1 fully saturated rings. The fourth-order valence-corrected chi connectivity index (χ4v) is 2.32. The molecule has 0 bridgehead atoms. The molecular formula is C15H19N3O. The number of fused-ring (bicyclic) bond motifs is 1. The molecule has 0 spiro atoms. The number of ether oxygens (including phenoxy) is 1. The summed E-state index contributed by atoms with van der Waals surface area (Å²) in [6.07, 6.45) is 1.93. The SMILES string of the molecule is CC(C)c1ccc2nc(N3CCOCC3)ncc2c1. The number of benzene rings is 1. The smallest absolute Gasteiger partial charge is 0.226 e. The van der Waals surface area contributed by atoms with Crippen LogP contribution in [0.2, 0.25) is 0 Å². The van der Waals surface area contributed by atoms with Crippen LogP contribution in [0.3, 0.4) is 0 Å². The number of morpholine rings is 1. The summed E-state index contributed by atoms with van der Waals surface area (Å²) < 4.78 is 5.35. The lowest BCUT2D eigenvalue weighted by molar-refractivity contribution is 0.122. The van der Waals surface area contributed by atoms with Gasteiger partial charge in [0.2, 0.25) is 5.95 Å². The molecule has 0 radical (unpaired) electrons. The van der Waals surface area contributed by atoms with E-state index in [0.29, 0.717) is 5.92 Å². The first-order valence-corrected chi connectivity index (χ1v) is 6.83. The lowest BCUT2D eigenvalue weighted by Crippen LogP contribution is -2.37. The van der Waals surface area contributed by atoms with Crippen LogP contribution in [-0.4, -0.2) is 36.3 Å². The van der Waals surface area contributed by atoms with Crippen LogP contribution in [0.25, 0.3) is 10.9 Å². The molecular weight excluding hydrogens is 238 g/mol. The van der Waals surface area contributed by atoms with Crippen molar-refractivity contribution in [3.05, 3.63) is 30.0 Å². The van der Waals surface area contributed by atoms with Crippen molar-refractivity contribution >= 4 is 16.9 Å². The van der Waals surface area contributed by atoms with Crippen LogP contribution in [0.15, 0.2) is 24.4 Å². The molecule has 2 heterocycles. The van der Waals surface area contributed by atoms with Gasteiger partial charge in [-0.25, -0.2) is 9.97 Å². The molecule has 1 aliphatic rings. The zero-order valence-electron chi connectivity index (χ0n) is 11.5. The number of hydrogen-bond donors (Lipinski definition) is 0. The molecule has 4 heteroatoms. The van der Waals surface area contributed by atoms with Crippen LogP contribution in [0.1, 0.15) is 25.3 Å². The van der Waals surface area contributed by atoms with Gasteiger partial charge in [-0.1, -0.05) is 19.9 Å². The Morgan fingerprint density at radius 2 is 2.00 bits per heavy atom. The molecule has 0 aliphatic carbocycles. The van der Waals surface area contributed by atoms with Gasteiger partial charge in [-0.3, -0.25) is 0 Å². The quantitative estimate of drug-likeness (QED) is 0.829. The van der Waals surface area contributed by atoms with Gasteiger partial charge in [-0.15, -0.1) is 0 Å². The Morgan fingerprint density at radius 3 is 2.74 bits per heavy atom. The maximum absolute atomic E-state index is 5.35. The van der Waals surface area contributed by atoms with Gasteiger partial charge >= 0.3 is 0 Å². The standard InChI is InChI=1S/C15H19N3O/c1-11(2)12-3-4-14-13(9-12)10-16-15(17-14)18-5-7-19-8-6-18/h3-4,9-11H,5-8H2,1-2H3. The Morgan fingerprint density at radius 1 is 1.21 bits per heavy atom. The van der Waals surface area contributed by atoms with E-state index in [1.54, 1.807) is 0 Å². The fourth-order valence-electron chi connectivity index (χ4n) is 2.32. The van der Waals surface area contributed by atoms with Crippen molar-refractivity contribution < 1.29 is 4.74 Å². The Labute approximate surface area is 113 Å². The zero-order valence-corrected chi connectivity index (χ0v) is 11.5. The summed E-state index contributed by atoms with van der Waals surface area (Å²) in [7, 11) is 0. The van der Waals surface area contributed by atoms with E-state index in [1.807, 2.05) is 6.20 Å². The van der Waals surface area contributed by atoms with Crippen molar-refractivity contribution in [3.63, 3.8) is 0 Å². The molecule has 1 aliphatic heterocycles. The Hall–Kier alpha value is -1.68. The number of aromatic nitrogens is 2. The summed E-state index contributed by atoms with van der Waals surface area (Å²) in [6.45, 7) is 7.65. The van der Waals surface area contributed by atoms with Crippen LogP contribution in [-0.2, 0) is 4.74 Å². The van der Waals surface area contributed by atoms with Crippen LogP contribution in [0.5, 0.6) is 0 Å². The van der Waals surface area contributed by atoms with E-state index >= 15 is 0 Å². The van der Waals surface area contributed by atoms with Crippen LogP contribution >= 0.6 is 0 Å². The van der Waals surface area contributed by atoms with E-state index in [-0.39, 0.29) is 0 Å². The predicted molar refractivity (Wildman–Crippen MR) is 76.7 cm³/mol. The maximum Gasteiger partial charge on any atom is 0.226 e. The van der Waals surface area contributed by atoms with Gasteiger partial charge in [-0.05, 0) is 23.6 Å². The van der Waals surface area contributed by atoms with Crippen molar-refractivity contribution in [2.24, 2.45) is 0 Å². The van der Waals surface area contributed by atoms with Gasteiger partial charge in [0.15, 0.2) is 0 Å². The summed E-state index contributed by atoms with van der Waals surface area (Å²) >= 11 is 0. The summed E-state index contributed by atoms with van der Waals surface area (Å²) in [5.41, 5.74) is 2.34. The monoisotopic (exact) mass is 257 g/mol. The predicted octanol–water partition coefficient (Wildman–Crippen LogP) is 2.59. The first-order chi connectivity index (χ1) is 9.24. The summed E-state index contributed by atoms with van der Waals surface area (Å²) in [5.74, 6) is 1.34. The van der Waals surface area contributed by atoms with E-state index in [9.17, 15) is 0 Å². The highest BCUT2D eigenvalue weighted by molar-refractivity contribution is 5.79. The molecule has 0 unspecified atom stereocenters. The fraction of sp³-hybridized carbons (Fsp3) is 0.467. The van der Waals surface area contributed by atoms with Crippen LogP contribution in [0.4, 0.5) is 5.95 Å². The average molecular weight is 257 g/mol. The third-order valence-electron chi connectivity index (χ3n) is 3.55. The minimum absolute atomic E-state index is 0.531. The van der Waals surface area contributed by atoms with Gasteiger partial charge in [-0.2, -0.15) is 0 Å². The normalized spacial score (nSPS) is 16.3. The Kier molecular flexibility index (Phi) is 3.34. The number of nitrogens with zero attached hydrogens (tertiary/aromatic N) is 3. The van der Waals surface area contributed by atoms with Crippen molar-refractivity contribution in [2.75, 3.05) is 31.2 Å². The third kappa shape index (κ3) is 2.54. The lowest BCUT2D eigenvalue weighted by Gasteiger charge is -2.26. The molecule has 2 aromatic rings. The Balaban J connectivity index is 1.94. The van der Waals surface area contributed by atoms with Crippen molar-refractivity contribution in [1.82, 2.24) is 9.97 Å². The molecule has 1 aromatic heterocycles. The first-order valence-electron chi connectivity index (χ1n) is 6.83. The zero-order chi connectivity index (χ0) is 13.2. The highest BCUT2D eigenvalue weighted by Gasteiger charge is 2.14. The molecule has 0 atom stereocenters. The lowest BCUT2D eigenvalue weighted by atomic mass is 10.0. The van der Waals surface area contributed by atoms with Gasteiger partial charge in [0.1, 0.15) is 0 Å². The molecule has 0 N–H and O–H groups in total. The molecule has 1 aromatic carbocycles. The minimum atomic E-state index is 0.531. The molecule has 19 heavy (non-hydrogen) atoms. The second-order valence-electron chi connectivity index (χ2n) is 5.24. The highest BCUT2D eigenvalue weighted by atomic mass is 16.5. The molecule has 1 saturated heterocycles. The number of rotatable bonds is 2. The van der Waals surface area contributed by atoms with Gasteiger partial charge in [0.25, 0.3) is 0 Å². The largest absolute Gasteiger partial charge is 0.378 e. The van der Waals surface area contributed by atoms with E-state index in [2.05, 4.69) is 46.9 Å². The highest BCUT2D eigenvalue weighted by Crippen LogP contribution is 2.21. The first kappa shape index (κ1) is 12.4. The molecule has 3 rings (SSSR count). The van der Waals surface area contributed by atoms with Crippen molar-refractivity contribution in [1.29, 1.82) is 0 Å². The topological polar surface area (TPSA) is 38.2 Å². The maximum atomic E-state index is 5.35. The Bertz CT molecular complexity index is 577. The van der Waals surface area contributed by atoms with E-state index in [0.717, 1.165) is 43.2 Å². The summed E-state index contributed by atoms with van der Waals surface area (Å²) in [4.78, 5) is 11.3. The number of anilines is 1. The van der Waals surface area contributed by atoms with Gasteiger partial charge in [0, 0.05) is 24.7 Å². The number of hydrogen-bond acceptors (Lipinski definition) is 4. The minimum Gasteiger partial charge on any atom is -0.378 e. The van der Waals surface area contributed by atoms with Gasteiger partial charge < -0.3 is 9.64 Å². The summed E-state index contributed by atoms with van der Waals surface area (Å²) in [5, 5.41) is 1.11. The van der Waals surface area contributed by atoms with E-state index in [4.69, 9.17) is 4.74 Å². The second kappa shape index (κ2) is 5.13.